The summed E-state index contributed by atoms with van der Waals surface area (Å²) in [4.78, 5) is 75.6. The van der Waals surface area contributed by atoms with Crippen molar-refractivity contribution in [3.05, 3.63) is 131 Å². The van der Waals surface area contributed by atoms with Gasteiger partial charge in [-0.2, -0.15) is 0 Å². The van der Waals surface area contributed by atoms with Crippen LogP contribution in [-0.2, 0) is 43.6 Å². The second kappa shape index (κ2) is 18.9. The standard InChI is InChI=1S/C50H51N3O10/c1-60-46(56)36(47(57)61-2)23-16-17-32-25-26-38-37(31-32)50(49(59)51-38)40(45(55)52-27-14-4-3-5-15-28-52)42-48(58)63-43(34-20-10-7-11-21-34)41(33-18-8-6-9-19-33)53(42)44(50)35-22-12-13-24-39(35)62-30-29-54/h6-13,18-22,24-26,31,36,40-44,54H,3-5,14-15,23,27-30H2,1-2H3,(H,51,59)/t40-,41-,42-,43+,44+,50-/m0/s1. The Bertz CT molecular complexity index is 2390. The van der Waals surface area contributed by atoms with Gasteiger partial charge in [0.15, 0.2) is 5.92 Å². The van der Waals surface area contributed by atoms with Gasteiger partial charge in [0, 0.05) is 36.3 Å². The lowest BCUT2D eigenvalue weighted by Crippen LogP contribution is -2.55. The number of carbonyl (C=O) groups excluding carboxylic acids is 5. The molecule has 13 heteroatoms. The molecule has 63 heavy (non-hydrogen) atoms. The molecule has 0 radical (unpaired) electrons. The molecule has 13 nitrogen and oxygen atoms in total. The van der Waals surface area contributed by atoms with Crippen molar-refractivity contribution in [2.24, 2.45) is 11.8 Å². The lowest BCUT2D eigenvalue weighted by molar-refractivity contribution is -0.179. The first-order valence-corrected chi connectivity index (χ1v) is 21.5. The molecule has 2 N–H and O–H groups in total. The first-order valence-electron chi connectivity index (χ1n) is 21.5. The summed E-state index contributed by atoms with van der Waals surface area (Å²) >= 11 is 0. The molecule has 4 aromatic rings. The Morgan fingerprint density at radius 3 is 2.13 bits per heavy atom. The monoisotopic (exact) mass is 853 g/mol. The fraction of sp³-hybridized carbons (Fsp3) is 0.380. The Balaban J connectivity index is 1.40. The summed E-state index contributed by atoms with van der Waals surface area (Å²) in [7, 11) is 2.36. The average Bonchev–Trinajstić information content (AvgIpc) is 3.78. The van der Waals surface area contributed by atoms with Crippen LogP contribution in [0.4, 0.5) is 5.69 Å². The average molecular weight is 854 g/mol. The number of anilines is 1. The van der Waals surface area contributed by atoms with E-state index in [1.165, 1.54) is 14.2 Å². The van der Waals surface area contributed by atoms with Crippen LogP contribution in [0.1, 0.15) is 84.5 Å². The summed E-state index contributed by atoms with van der Waals surface area (Å²) in [5.41, 5.74) is 1.64. The van der Waals surface area contributed by atoms with E-state index in [4.69, 9.17) is 18.9 Å². The van der Waals surface area contributed by atoms with E-state index in [1.54, 1.807) is 30.3 Å². The van der Waals surface area contributed by atoms with Crippen LogP contribution in [0.25, 0.3) is 0 Å². The largest absolute Gasteiger partial charge is 0.491 e. The number of morpholine rings is 1. The number of benzene rings is 4. The second-order valence-electron chi connectivity index (χ2n) is 16.3. The first-order chi connectivity index (χ1) is 30.7. The SMILES string of the molecule is COC(=O)C(CC#Cc1ccc2c(c1)[C@]1(C(=O)N2)[C@H](C(=O)N2CCCCCCC2)[C@H]2C(=O)O[C@H](c3ccccc3)[C@H](c3ccccc3)N2[C@@H]1c1ccccc1OCCO)C(=O)OC. The number of esters is 3. The maximum atomic E-state index is 15.9. The highest BCUT2D eigenvalue weighted by molar-refractivity contribution is 6.12. The third kappa shape index (κ3) is 7.94. The van der Waals surface area contributed by atoms with Gasteiger partial charge in [-0.3, -0.25) is 28.9 Å². The Hall–Kier alpha value is -6.49. The minimum Gasteiger partial charge on any atom is -0.491 e. The van der Waals surface area contributed by atoms with Crippen molar-refractivity contribution in [2.75, 3.05) is 45.8 Å². The second-order valence-corrected chi connectivity index (χ2v) is 16.3. The maximum Gasteiger partial charge on any atom is 0.324 e. The highest BCUT2D eigenvalue weighted by atomic mass is 16.6. The zero-order chi connectivity index (χ0) is 44.1. The van der Waals surface area contributed by atoms with Gasteiger partial charge in [0.25, 0.3) is 0 Å². The maximum absolute atomic E-state index is 15.9. The number of aliphatic hydroxyl groups excluding tert-OH is 1. The summed E-state index contributed by atoms with van der Waals surface area (Å²) in [5.74, 6) is 0.809. The van der Waals surface area contributed by atoms with E-state index in [9.17, 15) is 14.7 Å². The van der Waals surface area contributed by atoms with E-state index in [2.05, 4.69) is 17.2 Å². The summed E-state index contributed by atoms with van der Waals surface area (Å²) in [5, 5.41) is 13.1. The molecule has 4 aliphatic heterocycles. The predicted octanol–water partition coefficient (Wildman–Crippen LogP) is 5.83. The topological polar surface area (TPSA) is 161 Å². The quantitative estimate of drug-likeness (QED) is 0.0856. The molecule has 326 valence electrons. The third-order valence-electron chi connectivity index (χ3n) is 12.8. The molecule has 2 amide bonds. The molecule has 4 aromatic carbocycles. The summed E-state index contributed by atoms with van der Waals surface area (Å²) in [6, 6.07) is 28.6. The van der Waals surface area contributed by atoms with Gasteiger partial charge in [-0.25, -0.2) is 0 Å². The van der Waals surface area contributed by atoms with Crippen LogP contribution in [0.15, 0.2) is 103 Å². The molecule has 0 aromatic heterocycles. The number of cyclic esters (lactones) is 1. The molecule has 4 heterocycles. The van der Waals surface area contributed by atoms with Crippen molar-refractivity contribution >= 4 is 35.4 Å². The summed E-state index contributed by atoms with van der Waals surface area (Å²) < 4.78 is 22.5. The highest BCUT2D eigenvalue weighted by Crippen LogP contribution is 2.66. The minimum atomic E-state index is -1.78. The van der Waals surface area contributed by atoms with Crippen molar-refractivity contribution in [2.45, 2.75) is 68.2 Å². The normalized spacial score (nSPS) is 24.2. The van der Waals surface area contributed by atoms with Crippen LogP contribution >= 0.6 is 0 Å². The van der Waals surface area contributed by atoms with Crippen molar-refractivity contribution in [1.29, 1.82) is 0 Å². The molecule has 3 fully saturated rings. The number of hydrogen-bond acceptors (Lipinski definition) is 11. The van der Waals surface area contributed by atoms with Gasteiger partial charge in [-0.05, 0) is 53.8 Å². The van der Waals surface area contributed by atoms with Gasteiger partial charge in [0.05, 0.1) is 38.8 Å². The number of carbonyl (C=O) groups is 5. The number of nitrogens with one attached hydrogen (secondary N) is 1. The van der Waals surface area contributed by atoms with Crippen LogP contribution in [0, 0.1) is 23.7 Å². The number of nitrogens with zero attached hydrogens (tertiary/aromatic N) is 2. The van der Waals surface area contributed by atoms with E-state index >= 15 is 14.4 Å². The van der Waals surface area contributed by atoms with E-state index < -0.39 is 65.3 Å². The molecule has 4 aliphatic rings. The van der Waals surface area contributed by atoms with Crippen molar-refractivity contribution < 1.29 is 48.0 Å². The number of aliphatic hydroxyl groups is 1. The lowest BCUT2D eigenvalue weighted by Gasteiger charge is -2.46. The lowest BCUT2D eigenvalue weighted by atomic mass is 9.64. The molecule has 0 aliphatic carbocycles. The molecule has 0 saturated carbocycles. The van der Waals surface area contributed by atoms with Crippen molar-refractivity contribution in [1.82, 2.24) is 9.80 Å². The van der Waals surface area contributed by atoms with Crippen LogP contribution in [0.2, 0.25) is 0 Å². The number of likely N-dealkylation sites (tertiary alicyclic amines) is 1. The van der Waals surface area contributed by atoms with Gasteiger partial charge in [0.2, 0.25) is 11.8 Å². The van der Waals surface area contributed by atoms with E-state index in [1.807, 2.05) is 82.6 Å². The van der Waals surface area contributed by atoms with Crippen molar-refractivity contribution in [3.63, 3.8) is 0 Å². The zero-order valence-corrected chi connectivity index (χ0v) is 35.4. The minimum absolute atomic E-state index is 0.0479. The molecular formula is C50H51N3O10. The molecular weight excluding hydrogens is 803 g/mol. The molecule has 6 atom stereocenters. The van der Waals surface area contributed by atoms with Gasteiger partial charge in [-0.15, -0.1) is 0 Å². The number of hydrogen-bond donors (Lipinski definition) is 2. The highest BCUT2D eigenvalue weighted by Gasteiger charge is 2.74. The zero-order valence-electron chi connectivity index (χ0n) is 35.4. The third-order valence-corrected chi connectivity index (χ3v) is 12.8. The Kier molecular flexibility index (Phi) is 12.9. The van der Waals surface area contributed by atoms with E-state index in [0.29, 0.717) is 41.2 Å². The van der Waals surface area contributed by atoms with Crippen LogP contribution < -0.4 is 10.1 Å². The number of methoxy groups -OCH3 is 2. The van der Waals surface area contributed by atoms with E-state index in [0.717, 1.165) is 43.2 Å². The van der Waals surface area contributed by atoms with Crippen LogP contribution in [0.3, 0.4) is 0 Å². The van der Waals surface area contributed by atoms with Crippen molar-refractivity contribution in [3.8, 4) is 17.6 Å². The summed E-state index contributed by atoms with van der Waals surface area (Å²) in [6.45, 7) is 0.599. The Labute approximate surface area is 366 Å². The summed E-state index contributed by atoms with van der Waals surface area (Å²) in [6.07, 6.45) is 3.45. The number of fused-ring (bicyclic) bond motifs is 3. The van der Waals surface area contributed by atoms with Gasteiger partial charge in [0.1, 0.15) is 29.9 Å². The Morgan fingerprint density at radius 2 is 1.46 bits per heavy atom. The molecule has 8 rings (SSSR count). The molecule has 0 bridgehead atoms. The Morgan fingerprint density at radius 1 is 0.825 bits per heavy atom. The predicted molar refractivity (Wildman–Crippen MR) is 231 cm³/mol. The fourth-order valence-electron chi connectivity index (χ4n) is 10.1. The smallest absolute Gasteiger partial charge is 0.324 e. The fourth-order valence-corrected chi connectivity index (χ4v) is 10.1. The van der Waals surface area contributed by atoms with Gasteiger partial charge in [-0.1, -0.05) is 110 Å². The number of amides is 2. The van der Waals surface area contributed by atoms with Gasteiger partial charge >= 0.3 is 17.9 Å². The number of para-hydroxylation sites is 1. The molecule has 0 unspecified atom stereocenters. The number of ether oxygens (including phenoxy) is 4. The molecule has 1 spiro atoms. The first kappa shape index (κ1) is 43.2. The number of rotatable bonds is 10. The van der Waals surface area contributed by atoms with E-state index in [-0.39, 0.29) is 25.5 Å². The van der Waals surface area contributed by atoms with Crippen LogP contribution in [-0.4, -0.2) is 91.2 Å². The van der Waals surface area contributed by atoms with Gasteiger partial charge < -0.3 is 34.3 Å². The van der Waals surface area contributed by atoms with Crippen LogP contribution in [0.5, 0.6) is 5.75 Å². The molecule has 3 saturated heterocycles.